The fourth-order valence-electron chi connectivity index (χ4n) is 2.81. The maximum atomic E-state index is 12.7. The summed E-state index contributed by atoms with van der Waals surface area (Å²) in [5.41, 5.74) is 0.633. The third kappa shape index (κ3) is 4.90. The second kappa shape index (κ2) is 8.15. The Hall–Kier alpha value is -2.31. The van der Waals surface area contributed by atoms with Crippen molar-refractivity contribution in [2.75, 3.05) is 19.7 Å². The molecule has 0 aromatic heterocycles. The van der Waals surface area contributed by atoms with Crippen LogP contribution in [0.25, 0.3) is 6.08 Å². The topological polar surface area (TPSA) is 29.5 Å². The van der Waals surface area contributed by atoms with E-state index in [0.717, 1.165) is 17.7 Å². The smallest absolute Gasteiger partial charge is 0.370 e. The van der Waals surface area contributed by atoms with Gasteiger partial charge in [-0.15, -0.1) is 0 Å². The van der Waals surface area contributed by atoms with Gasteiger partial charge in [-0.25, -0.2) is 0 Å². The summed E-state index contributed by atoms with van der Waals surface area (Å²) in [5.74, 6) is -0.199. The van der Waals surface area contributed by atoms with E-state index in [-0.39, 0.29) is 12.5 Å². The number of halogens is 4. The van der Waals surface area contributed by atoms with Gasteiger partial charge in [-0.3, -0.25) is 4.79 Å². The SMILES string of the molecule is O=C(C=Cc1ccccc1Cl)N1CCOC(c2ccc(C(F)(F)F)cc2)C1. The van der Waals surface area contributed by atoms with Gasteiger partial charge in [-0.2, -0.15) is 13.2 Å². The lowest BCUT2D eigenvalue weighted by Gasteiger charge is -2.32. The molecule has 0 saturated carbocycles. The van der Waals surface area contributed by atoms with Gasteiger partial charge < -0.3 is 9.64 Å². The van der Waals surface area contributed by atoms with Gasteiger partial charge in [0.1, 0.15) is 6.10 Å². The van der Waals surface area contributed by atoms with Crippen molar-refractivity contribution in [3.8, 4) is 0 Å². The van der Waals surface area contributed by atoms with E-state index in [9.17, 15) is 18.0 Å². The molecule has 2 aromatic carbocycles. The highest BCUT2D eigenvalue weighted by molar-refractivity contribution is 6.32. The Morgan fingerprint density at radius 1 is 1.15 bits per heavy atom. The molecular formula is C20H17ClF3NO2. The molecule has 0 N–H and O–H groups in total. The number of carbonyl (C=O) groups excluding carboxylic acids is 1. The molecule has 0 radical (unpaired) electrons. The summed E-state index contributed by atoms with van der Waals surface area (Å²) in [7, 11) is 0. The first-order valence-electron chi connectivity index (χ1n) is 8.35. The molecule has 1 amide bonds. The van der Waals surface area contributed by atoms with E-state index >= 15 is 0 Å². The fraction of sp³-hybridized carbons (Fsp3) is 0.250. The molecule has 7 heteroatoms. The van der Waals surface area contributed by atoms with Crippen molar-refractivity contribution in [2.45, 2.75) is 12.3 Å². The van der Waals surface area contributed by atoms with Crippen molar-refractivity contribution in [3.63, 3.8) is 0 Å². The van der Waals surface area contributed by atoms with Gasteiger partial charge in [0.05, 0.1) is 18.7 Å². The van der Waals surface area contributed by atoms with Crippen molar-refractivity contribution < 1.29 is 22.7 Å². The van der Waals surface area contributed by atoms with Crippen molar-refractivity contribution >= 4 is 23.6 Å². The van der Waals surface area contributed by atoms with Crippen molar-refractivity contribution in [2.24, 2.45) is 0 Å². The van der Waals surface area contributed by atoms with E-state index < -0.39 is 17.8 Å². The van der Waals surface area contributed by atoms with Crippen LogP contribution in [0.15, 0.2) is 54.6 Å². The second-order valence-corrected chi connectivity index (χ2v) is 6.53. The first-order chi connectivity index (χ1) is 12.8. The van der Waals surface area contributed by atoms with Gasteiger partial charge in [-0.1, -0.05) is 41.9 Å². The van der Waals surface area contributed by atoms with Crippen LogP contribution in [0.1, 0.15) is 22.8 Å². The van der Waals surface area contributed by atoms with Crippen molar-refractivity contribution in [1.29, 1.82) is 0 Å². The van der Waals surface area contributed by atoms with Crippen LogP contribution in [0.4, 0.5) is 13.2 Å². The van der Waals surface area contributed by atoms with E-state index in [1.54, 1.807) is 29.2 Å². The molecule has 3 nitrogen and oxygen atoms in total. The minimum absolute atomic E-state index is 0.199. The van der Waals surface area contributed by atoms with Crippen LogP contribution in [-0.2, 0) is 15.7 Å². The maximum Gasteiger partial charge on any atom is 0.416 e. The minimum Gasteiger partial charge on any atom is -0.370 e. The first-order valence-corrected chi connectivity index (χ1v) is 8.72. The standard InChI is InChI=1S/C20H17ClF3NO2/c21-17-4-2-1-3-14(17)7-10-19(26)25-11-12-27-18(13-25)15-5-8-16(9-6-15)20(22,23)24/h1-10,18H,11-13H2. The third-order valence-corrected chi connectivity index (χ3v) is 4.64. The highest BCUT2D eigenvalue weighted by Gasteiger charge is 2.31. The molecule has 0 aliphatic carbocycles. The Labute approximate surface area is 160 Å². The van der Waals surface area contributed by atoms with Crippen LogP contribution in [0, 0.1) is 0 Å². The molecule has 3 rings (SSSR count). The van der Waals surface area contributed by atoms with E-state index in [1.807, 2.05) is 6.07 Å². The highest BCUT2D eigenvalue weighted by Crippen LogP contribution is 2.31. The predicted molar refractivity (Wildman–Crippen MR) is 97.2 cm³/mol. The normalized spacial score (nSPS) is 18.1. The van der Waals surface area contributed by atoms with Crippen LogP contribution in [0.3, 0.4) is 0 Å². The molecule has 0 bridgehead atoms. The van der Waals surface area contributed by atoms with Gasteiger partial charge in [0.25, 0.3) is 0 Å². The van der Waals surface area contributed by atoms with Crippen LogP contribution in [0.5, 0.6) is 0 Å². The summed E-state index contributed by atoms with van der Waals surface area (Å²) in [6, 6.07) is 12.0. The number of rotatable bonds is 3. The van der Waals surface area contributed by atoms with E-state index in [2.05, 4.69) is 0 Å². The van der Waals surface area contributed by atoms with Gasteiger partial charge in [0, 0.05) is 17.6 Å². The summed E-state index contributed by atoms with van der Waals surface area (Å²) in [4.78, 5) is 14.0. The summed E-state index contributed by atoms with van der Waals surface area (Å²) >= 11 is 6.07. The molecule has 1 aliphatic rings. The number of morpholine rings is 1. The molecule has 142 valence electrons. The van der Waals surface area contributed by atoms with E-state index in [4.69, 9.17) is 16.3 Å². The lowest BCUT2D eigenvalue weighted by Crippen LogP contribution is -2.41. The number of nitrogens with zero attached hydrogens (tertiary/aromatic N) is 1. The van der Waals surface area contributed by atoms with Crippen LogP contribution in [0.2, 0.25) is 5.02 Å². The largest absolute Gasteiger partial charge is 0.416 e. The number of hydrogen-bond acceptors (Lipinski definition) is 2. The molecule has 1 heterocycles. The van der Waals surface area contributed by atoms with Crippen molar-refractivity contribution in [3.05, 3.63) is 76.3 Å². The van der Waals surface area contributed by atoms with Crippen LogP contribution < -0.4 is 0 Å². The average molecular weight is 396 g/mol. The Kier molecular flexibility index (Phi) is 5.87. The minimum atomic E-state index is -4.38. The monoisotopic (exact) mass is 395 g/mol. The number of benzene rings is 2. The van der Waals surface area contributed by atoms with Gasteiger partial charge in [0.2, 0.25) is 5.91 Å². The molecule has 27 heavy (non-hydrogen) atoms. The number of carbonyl (C=O) groups is 1. The fourth-order valence-corrected chi connectivity index (χ4v) is 3.01. The Balaban J connectivity index is 1.67. The third-order valence-electron chi connectivity index (χ3n) is 4.30. The van der Waals surface area contributed by atoms with E-state index in [0.29, 0.717) is 23.7 Å². The Morgan fingerprint density at radius 3 is 2.52 bits per heavy atom. The Bertz CT molecular complexity index is 834. The number of alkyl halides is 3. The number of ether oxygens (including phenoxy) is 1. The molecule has 1 atom stereocenters. The molecular weight excluding hydrogens is 379 g/mol. The molecule has 1 aliphatic heterocycles. The zero-order chi connectivity index (χ0) is 19.4. The van der Waals surface area contributed by atoms with Crippen LogP contribution in [-0.4, -0.2) is 30.5 Å². The van der Waals surface area contributed by atoms with Gasteiger partial charge in [0.15, 0.2) is 0 Å². The lowest BCUT2D eigenvalue weighted by atomic mass is 10.0. The van der Waals surface area contributed by atoms with Crippen LogP contribution >= 0.6 is 11.6 Å². The molecule has 0 spiro atoms. The average Bonchev–Trinajstić information content (AvgIpc) is 2.66. The Morgan fingerprint density at radius 2 is 1.85 bits per heavy atom. The molecule has 1 fully saturated rings. The number of amides is 1. The summed E-state index contributed by atoms with van der Waals surface area (Å²) in [6.07, 6.45) is -1.75. The summed E-state index contributed by atoms with van der Waals surface area (Å²) in [5, 5.41) is 0.547. The van der Waals surface area contributed by atoms with E-state index in [1.165, 1.54) is 18.2 Å². The molecule has 1 unspecified atom stereocenters. The predicted octanol–water partition coefficient (Wildman–Crippen LogP) is 4.97. The highest BCUT2D eigenvalue weighted by atomic mass is 35.5. The van der Waals surface area contributed by atoms with Gasteiger partial charge in [-0.05, 0) is 35.4 Å². The molecule has 2 aromatic rings. The summed E-state index contributed by atoms with van der Waals surface area (Å²) < 4.78 is 43.7. The molecule has 1 saturated heterocycles. The zero-order valence-corrected chi connectivity index (χ0v) is 15.0. The maximum absolute atomic E-state index is 12.7. The zero-order valence-electron chi connectivity index (χ0n) is 14.2. The van der Waals surface area contributed by atoms with Gasteiger partial charge >= 0.3 is 6.18 Å². The summed E-state index contributed by atoms with van der Waals surface area (Å²) in [6.45, 7) is 1.01. The second-order valence-electron chi connectivity index (χ2n) is 6.12. The first kappa shape index (κ1) is 19.5. The number of hydrogen-bond donors (Lipinski definition) is 0. The van der Waals surface area contributed by atoms with Crippen molar-refractivity contribution in [1.82, 2.24) is 4.90 Å². The quantitative estimate of drug-likeness (QED) is 0.686. The lowest BCUT2D eigenvalue weighted by molar-refractivity contribution is -0.137.